The van der Waals surface area contributed by atoms with Crippen molar-refractivity contribution in [3.05, 3.63) is 65.5 Å². The van der Waals surface area contributed by atoms with Crippen LogP contribution in [0.3, 0.4) is 0 Å². The second kappa shape index (κ2) is 10.5. The second-order valence-electron chi connectivity index (χ2n) is 6.42. The summed E-state index contributed by atoms with van der Waals surface area (Å²) in [5, 5.41) is 16.7. The molecule has 0 aliphatic rings. The monoisotopic (exact) mass is 373 g/mol. The van der Waals surface area contributed by atoms with E-state index in [-0.39, 0.29) is 25.0 Å². The first kappa shape index (κ1) is 20.7. The molecule has 2 aromatic rings. The Morgan fingerprint density at radius 1 is 1.15 bits per heavy atom. The smallest absolute Gasteiger partial charge is 0.191 e. The quantitative estimate of drug-likeness (QED) is 0.490. The Morgan fingerprint density at radius 2 is 1.93 bits per heavy atom. The maximum atomic E-state index is 13.7. The molecule has 1 unspecified atom stereocenters. The van der Waals surface area contributed by atoms with E-state index in [1.165, 1.54) is 6.07 Å². The molecule has 0 aliphatic heterocycles. The predicted molar refractivity (Wildman–Crippen MR) is 106 cm³/mol. The number of ether oxygens (including phenoxy) is 1. The van der Waals surface area contributed by atoms with E-state index in [1.54, 1.807) is 18.2 Å². The zero-order valence-corrected chi connectivity index (χ0v) is 16.1. The van der Waals surface area contributed by atoms with Gasteiger partial charge >= 0.3 is 0 Å². The first-order valence-corrected chi connectivity index (χ1v) is 9.19. The lowest BCUT2D eigenvalue weighted by Crippen LogP contribution is -2.39. The minimum atomic E-state index is -0.724. The van der Waals surface area contributed by atoms with Gasteiger partial charge in [0, 0.05) is 18.7 Å². The van der Waals surface area contributed by atoms with Crippen LogP contribution in [-0.4, -0.2) is 30.3 Å². The van der Waals surface area contributed by atoms with Crippen molar-refractivity contribution < 1.29 is 14.2 Å². The van der Waals surface area contributed by atoms with Crippen molar-refractivity contribution in [2.75, 3.05) is 13.1 Å². The average molecular weight is 373 g/mol. The van der Waals surface area contributed by atoms with Gasteiger partial charge in [0.2, 0.25) is 0 Å². The molecule has 0 aliphatic carbocycles. The largest absolute Gasteiger partial charge is 0.491 e. The van der Waals surface area contributed by atoms with E-state index in [0.29, 0.717) is 18.1 Å². The molecule has 0 saturated heterocycles. The van der Waals surface area contributed by atoms with Crippen molar-refractivity contribution in [3.63, 3.8) is 0 Å². The molecule has 6 heteroatoms. The van der Waals surface area contributed by atoms with Crippen LogP contribution in [0, 0.1) is 5.82 Å². The molecule has 5 nitrogen and oxygen atoms in total. The molecular weight excluding hydrogens is 345 g/mol. The number of hydrogen-bond donors (Lipinski definition) is 3. The number of hydrogen-bond acceptors (Lipinski definition) is 3. The van der Waals surface area contributed by atoms with Crippen molar-refractivity contribution in [2.45, 2.75) is 39.5 Å². The van der Waals surface area contributed by atoms with Crippen LogP contribution < -0.4 is 15.4 Å². The highest BCUT2D eigenvalue weighted by molar-refractivity contribution is 5.79. The molecule has 2 rings (SSSR count). The number of benzene rings is 2. The lowest BCUT2D eigenvalue weighted by molar-refractivity contribution is 0.179. The maximum absolute atomic E-state index is 13.7. The fourth-order valence-corrected chi connectivity index (χ4v) is 2.51. The Balaban J connectivity index is 1.98. The highest BCUT2D eigenvalue weighted by Crippen LogP contribution is 2.20. The number of nitrogens with one attached hydrogen (secondary N) is 2. The first-order chi connectivity index (χ1) is 13.0. The molecular formula is C21H28FN3O2. The van der Waals surface area contributed by atoms with Crippen molar-refractivity contribution in [1.29, 1.82) is 0 Å². The molecule has 0 fully saturated rings. The number of aliphatic hydroxyl groups excluding tert-OH is 1. The van der Waals surface area contributed by atoms with Gasteiger partial charge in [-0.05, 0) is 44.5 Å². The summed E-state index contributed by atoms with van der Waals surface area (Å²) in [6.07, 6.45) is -0.653. The predicted octanol–water partition coefficient (Wildman–Crippen LogP) is 3.40. The average Bonchev–Trinajstić information content (AvgIpc) is 2.64. The molecule has 3 N–H and O–H groups in total. The van der Waals surface area contributed by atoms with Gasteiger partial charge in [0.1, 0.15) is 11.6 Å². The molecule has 0 radical (unpaired) electrons. The first-order valence-electron chi connectivity index (χ1n) is 9.19. The van der Waals surface area contributed by atoms with E-state index in [9.17, 15) is 9.50 Å². The van der Waals surface area contributed by atoms with Gasteiger partial charge in [0.15, 0.2) is 5.96 Å². The molecule has 0 aromatic heterocycles. The molecule has 27 heavy (non-hydrogen) atoms. The van der Waals surface area contributed by atoms with Crippen molar-refractivity contribution in [3.8, 4) is 5.75 Å². The zero-order chi connectivity index (χ0) is 19.6. The minimum Gasteiger partial charge on any atom is -0.491 e. The van der Waals surface area contributed by atoms with Gasteiger partial charge in [0.05, 0.1) is 18.8 Å². The van der Waals surface area contributed by atoms with Gasteiger partial charge in [-0.2, -0.15) is 0 Å². The Bertz CT molecular complexity index is 750. The van der Waals surface area contributed by atoms with Gasteiger partial charge in [-0.3, -0.25) is 0 Å². The molecule has 1 atom stereocenters. The van der Waals surface area contributed by atoms with Gasteiger partial charge in [-0.1, -0.05) is 30.3 Å². The van der Waals surface area contributed by atoms with Gasteiger partial charge in [-0.15, -0.1) is 0 Å². The molecule has 0 heterocycles. The fraction of sp³-hybridized carbons (Fsp3) is 0.381. The number of rotatable bonds is 8. The summed E-state index contributed by atoms with van der Waals surface area (Å²) in [4.78, 5) is 4.39. The van der Waals surface area contributed by atoms with Crippen LogP contribution in [0.5, 0.6) is 5.75 Å². The van der Waals surface area contributed by atoms with Crippen LogP contribution in [0.2, 0.25) is 0 Å². The van der Waals surface area contributed by atoms with Crippen LogP contribution in [0.4, 0.5) is 4.39 Å². The third kappa shape index (κ3) is 6.90. The van der Waals surface area contributed by atoms with E-state index < -0.39 is 6.10 Å². The summed E-state index contributed by atoms with van der Waals surface area (Å²) in [6.45, 7) is 7.02. The Morgan fingerprint density at radius 3 is 2.63 bits per heavy atom. The van der Waals surface area contributed by atoms with Gasteiger partial charge in [-0.25, -0.2) is 9.38 Å². The van der Waals surface area contributed by atoms with E-state index in [1.807, 2.05) is 45.0 Å². The van der Waals surface area contributed by atoms with Crippen LogP contribution in [0.15, 0.2) is 53.5 Å². The van der Waals surface area contributed by atoms with E-state index >= 15 is 0 Å². The summed E-state index contributed by atoms with van der Waals surface area (Å²) in [6, 6.07) is 14.0. The highest BCUT2D eigenvalue weighted by Gasteiger charge is 2.10. The maximum Gasteiger partial charge on any atom is 0.191 e. The van der Waals surface area contributed by atoms with Crippen LogP contribution in [0.25, 0.3) is 0 Å². The Labute approximate surface area is 160 Å². The third-order valence-electron chi connectivity index (χ3n) is 3.79. The van der Waals surface area contributed by atoms with E-state index in [0.717, 1.165) is 11.3 Å². The Hall–Kier alpha value is -2.60. The van der Waals surface area contributed by atoms with Gasteiger partial charge in [0.25, 0.3) is 0 Å². The lowest BCUT2D eigenvalue weighted by atomic mass is 10.1. The van der Waals surface area contributed by atoms with E-state index in [4.69, 9.17) is 4.74 Å². The topological polar surface area (TPSA) is 65.9 Å². The second-order valence-corrected chi connectivity index (χ2v) is 6.42. The summed E-state index contributed by atoms with van der Waals surface area (Å²) in [7, 11) is 0. The summed E-state index contributed by atoms with van der Waals surface area (Å²) >= 11 is 0. The standard InChI is InChI=1S/C21H28FN3O2/c1-4-23-21(24-13-17-8-5-6-11-19(17)22)25-14-20(26)16-9-7-10-18(12-16)27-15(2)3/h5-12,15,20,26H,4,13-14H2,1-3H3,(H2,23,24,25). The van der Waals surface area contributed by atoms with Crippen molar-refractivity contribution >= 4 is 5.96 Å². The number of aliphatic hydroxyl groups is 1. The zero-order valence-electron chi connectivity index (χ0n) is 16.1. The normalized spacial score (nSPS) is 12.7. The van der Waals surface area contributed by atoms with Crippen molar-refractivity contribution in [2.24, 2.45) is 4.99 Å². The lowest BCUT2D eigenvalue weighted by Gasteiger charge is -2.17. The SMILES string of the molecule is CCNC(=NCc1ccccc1F)NCC(O)c1cccc(OC(C)C)c1. The highest BCUT2D eigenvalue weighted by atomic mass is 19.1. The van der Waals surface area contributed by atoms with Crippen LogP contribution in [-0.2, 0) is 6.54 Å². The molecule has 146 valence electrons. The number of aliphatic imine (C=N–C) groups is 1. The number of halogens is 1. The Kier molecular flexibility index (Phi) is 8.07. The molecule has 0 saturated carbocycles. The van der Waals surface area contributed by atoms with Crippen LogP contribution >= 0.6 is 0 Å². The summed E-state index contributed by atoms with van der Waals surface area (Å²) < 4.78 is 19.4. The molecule has 0 bridgehead atoms. The van der Waals surface area contributed by atoms with Gasteiger partial charge < -0.3 is 20.5 Å². The van der Waals surface area contributed by atoms with Crippen LogP contribution in [0.1, 0.15) is 38.0 Å². The minimum absolute atomic E-state index is 0.0707. The molecule has 0 spiro atoms. The summed E-state index contributed by atoms with van der Waals surface area (Å²) in [5.41, 5.74) is 1.28. The molecule has 0 amide bonds. The van der Waals surface area contributed by atoms with Crippen molar-refractivity contribution in [1.82, 2.24) is 10.6 Å². The van der Waals surface area contributed by atoms with E-state index in [2.05, 4.69) is 15.6 Å². The number of nitrogens with zero attached hydrogens (tertiary/aromatic N) is 1. The summed E-state index contributed by atoms with van der Waals surface area (Å²) in [5.74, 6) is 0.968. The third-order valence-corrected chi connectivity index (χ3v) is 3.79. The fourth-order valence-electron chi connectivity index (χ4n) is 2.51. The molecule has 2 aromatic carbocycles. The number of guanidine groups is 1.